The van der Waals surface area contributed by atoms with Gasteiger partial charge in [-0.2, -0.15) is 0 Å². The van der Waals surface area contributed by atoms with Gasteiger partial charge in [0.2, 0.25) is 0 Å². The van der Waals surface area contributed by atoms with Gasteiger partial charge in [-0.3, -0.25) is 14.5 Å². The molecule has 0 aliphatic carbocycles. The van der Waals surface area contributed by atoms with Gasteiger partial charge >= 0.3 is 0 Å². The molecule has 0 radical (unpaired) electrons. The largest absolute Gasteiger partial charge is 0.490 e. The first-order chi connectivity index (χ1) is 8.58. The fourth-order valence-corrected chi connectivity index (χ4v) is 1.79. The number of nitrogens with zero attached hydrogens (tertiary/aromatic N) is 1. The van der Waals surface area contributed by atoms with Crippen LogP contribution in [-0.4, -0.2) is 29.9 Å². The SMILES string of the molecule is Cc1ccc(Cl)c(OCCN2C(=O)C=CC2=O)c1. The summed E-state index contributed by atoms with van der Waals surface area (Å²) in [5.74, 6) is -0.0541. The van der Waals surface area contributed by atoms with Crippen LogP contribution in [0, 0.1) is 6.92 Å². The van der Waals surface area contributed by atoms with Crippen LogP contribution in [0.1, 0.15) is 5.56 Å². The third-order valence-corrected chi connectivity index (χ3v) is 2.87. The fraction of sp³-hybridized carbons (Fsp3) is 0.231. The minimum absolute atomic E-state index is 0.217. The van der Waals surface area contributed by atoms with Crippen LogP contribution >= 0.6 is 11.6 Å². The first-order valence-corrected chi connectivity index (χ1v) is 5.88. The first-order valence-electron chi connectivity index (χ1n) is 5.50. The van der Waals surface area contributed by atoms with E-state index in [1.165, 1.54) is 12.2 Å². The normalized spacial score (nSPS) is 14.4. The van der Waals surface area contributed by atoms with Gasteiger partial charge in [-0.25, -0.2) is 0 Å². The molecule has 0 saturated carbocycles. The molecule has 1 aliphatic heterocycles. The van der Waals surface area contributed by atoms with Crippen molar-refractivity contribution in [2.24, 2.45) is 0 Å². The Balaban J connectivity index is 1.91. The van der Waals surface area contributed by atoms with Crippen molar-refractivity contribution in [1.29, 1.82) is 0 Å². The Kier molecular flexibility index (Phi) is 3.67. The molecule has 0 bridgehead atoms. The molecule has 1 aromatic rings. The highest BCUT2D eigenvalue weighted by atomic mass is 35.5. The molecule has 1 aromatic carbocycles. The van der Waals surface area contributed by atoms with Gasteiger partial charge in [0.15, 0.2) is 0 Å². The molecule has 2 amide bonds. The van der Waals surface area contributed by atoms with Crippen LogP contribution in [0.5, 0.6) is 5.75 Å². The topological polar surface area (TPSA) is 46.6 Å². The minimum atomic E-state index is -0.307. The number of rotatable bonds is 4. The van der Waals surface area contributed by atoms with Crippen LogP contribution in [0.2, 0.25) is 5.02 Å². The van der Waals surface area contributed by atoms with E-state index in [0.29, 0.717) is 10.8 Å². The van der Waals surface area contributed by atoms with Crippen LogP contribution in [0.3, 0.4) is 0 Å². The van der Waals surface area contributed by atoms with Gasteiger partial charge in [-0.05, 0) is 24.6 Å². The van der Waals surface area contributed by atoms with Crippen molar-refractivity contribution in [1.82, 2.24) is 4.90 Å². The van der Waals surface area contributed by atoms with Crippen LogP contribution in [0.4, 0.5) is 0 Å². The van der Waals surface area contributed by atoms with Gasteiger partial charge in [0.05, 0.1) is 11.6 Å². The summed E-state index contributed by atoms with van der Waals surface area (Å²) in [4.78, 5) is 23.7. The highest BCUT2D eigenvalue weighted by Gasteiger charge is 2.22. The number of imide groups is 1. The van der Waals surface area contributed by atoms with Gasteiger partial charge in [0.1, 0.15) is 12.4 Å². The molecule has 5 heteroatoms. The molecule has 0 fully saturated rings. The summed E-state index contributed by atoms with van der Waals surface area (Å²) >= 11 is 5.96. The smallest absolute Gasteiger partial charge is 0.253 e. The molecule has 0 unspecified atom stereocenters. The van der Waals surface area contributed by atoms with E-state index in [1.54, 1.807) is 6.07 Å². The van der Waals surface area contributed by atoms with Crippen molar-refractivity contribution in [3.63, 3.8) is 0 Å². The van der Waals surface area contributed by atoms with Crippen molar-refractivity contribution in [2.75, 3.05) is 13.2 Å². The maximum absolute atomic E-state index is 11.3. The van der Waals surface area contributed by atoms with E-state index < -0.39 is 0 Å². The Hall–Kier alpha value is -1.81. The van der Waals surface area contributed by atoms with E-state index in [4.69, 9.17) is 16.3 Å². The number of amides is 2. The summed E-state index contributed by atoms with van der Waals surface area (Å²) in [5.41, 5.74) is 1.03. The second-order valence-corrected chi connectivity index (χ2v) is 4.35. The minimum Gasteiger partial charge on any atom is -0.490 e. The molecular formula is C13H12ClNO3. The lowest BCUT2D eigenvalue weighted by atomic mass is 10.2. The van der Waals surface area contributed by atoms with Crippen LogP contribution in [0.25, 0.3) is 0 Å². The van der Waals surface area contributed by atoms with Gasteiger partial charge in [-0.15, -0.1) is 0 Å². The third kappa shape index (κ3) is 2.71. The number of carbonyl (C=O) groups is 2. The predicted octanol–water partition coefficient (Wildman–Crippen LogP) is 1.95. The fourth-order valence-electron chi connectivity index (χ4n) is 1.62. The number of benzene rings is 1. The van der Waals surface area contributed by atoms with E-state index >= 15 is 0 Å². The lowest BCUT2D eigenvalue weighted by Crippen LogP contribution is -2.33. The van der Waals surface area contributed by atoms with Crippen molar-refractivity contribution in [3.8, 4) is 5.75 Å². The van der Waals surface area contributed by atoms with Crippen molar-refractivity contribution in [3.05, 3.63) is 40.9 Å². The highest BCUT2D eigenvalue weighted by Crippen LogP contribution is 2.25. The number of hydrogen-bond donors (Lipinski definition) is 0. The van der Waals surface area contributed by atoms with Crippen molar-refractivity contribution < 1.29 is 14.3 Å². The Morgan fingerprint density at radius 3 is 2.56 bits per heavy atom. The molecule has 1 aliphatic rings. The first kappa shape index (κ1) is 12.6. The second kappa shape index (κ2) is 5.23. The zero-order chi connectivity index (χ0) is 13.1. The summed E-state index contributed by atoms with van der Waals surface area (Å²) in [6.07, 6.45) is 2.50. The summed E-state index contributed by atoms with van der Waals surface area (Å²) < 4.78 is 5.47. The molecule has 0 aromatic heterocycles. The van der Waals surface area contributed by atoms with Gasteiger partial charge in [0, 0.05) is 12.2 Å². The molecule has 94 valence electrons. The molecule has 18 heavy (non-hydrogen) atoms. The summed E-state index contributed by atoms with van der Waals surface area (Å²) in [6, 6.07) is 5.45. The predicted molar refractivity (Wildman–Crippen MR) is 67.5 cm³/mol. The molecule has 0 spiro atoms. The lowest BCUT2D eigenvalue weighted by Gasteiger charge is -2.15. The Morgan fingerprint density at radius 2 is 1.89 bits per heavy atom. The Bertz CT molecular complexity index is 507. The van der Waals surface area contributed by atoms with E-state index in [9.17, 15) is 9.59 Å². The molecule has 4 nitrogen and oxygen atoms in total. The van der Waals surface area contributed by atoms with Crippen LogP contribution in [-0.2, 0) is 9.59 Å². The quantitative estimate of drug-likeness (QED) is 0.782. The molecule has 2 rings (SSSR count). The maximum Gasteiger partial charge on any atom is 0.253 e. The third-order valence-electron chi connectivity index (χ3n) is 2.56. The van der Waals surface area contributed by atoms with E-state index in [-0.39, 0.29) is 25.0 Å². The molecule has 0 atom stereocenters. The van der Waals surface area contributed by atoms with Gasteiger partial charge in [0.25, 0.3) is 11.8 Å². The average Bonchev–Trinajstić information content (AvgIpc) is 2.65. The maximum atomic E-state index is 11.3. The molecule has 0 saturated heterocycles. The summed E-state index contributed by atoms with van der Waals surface area (Å²) in [7, 11) is 0. The number of carbonyl (C=O) groups excluding carboxylic acids is 2. The van der Waals surface area contributed by atoms with Gasteiger partial charge < -0.3 is 4.74 Å². The number of aryl methyl sites for hydroxylation is 1. The monoisotopic (exact) mass is 265 g/mol. The Morgan fingerprint density at radius 1 is 1.22 bits per heavy atom. The average molecular weight is 266 g/mol. The number of ether oxygens (including phenoxy) is 1. The van der Waals surface area contributed by atoms with Crippen LogP contribution < -0.4 is 4.74 Å². The highest BCUT2D eigenvalue weighted by molar-refractivity contribution is 6.32. The van der Waals surface area contributed by atoms with Crippen molar-refractivity contribution >= 4 is 23.4 Å². The van der Waals surface area contributed by atoms with Crippen molar-refractivity contribution in [2.45, 2.75) is 6.92 Å². The molecular weight excluding hydrogens is 254 g/mol. The zero-order valence-electron chi connectivity index (χ0n) is 9.85. The second-order valence-electron chi connectivity index (χ2n) is 3.94. The standard InChI is InChI=1S/C13H12ClNO3/c1-9-2-3-10(14)11(8-9)18-7-6-15-12(16)4-5-13(15)17/h2-5,8H,6-7H2,1H3. The number of halogens is 1. The molecule has 0 N–H and O–H groups in total. The van der Waals surface area contributed by atoms with Crippen LogP contribution in [0.15, 0.2) is 30.4 Å². The lowest BCUT2D eigenvalue weighted by molar-refractivity contribution is -0.137. The summed E-state index contributed by atoms with van der Waals surface area (Å²) in [5, 5.41) is 0.512. The molecule has 1 heterocycles. The van der Waals surface area contributed by atoms with E-state index in [1.807, 2.05) is 19.1 Å². The van der Waals surface area contributed by atoms with E-state index in [0.717, 1.165) is 10.5 Å². The van der Waals surface area contributed by atoms with Gasteiger partial charge in [-0.1, -0.05) is 17.7 Å². The number of hydrogen-bond acceptors (Lipinski definition) is 3. The summed E-state index contributed by atoms with van der Waals surface area (Å²) in [6.45, 7) is 2.37. The zero-order valence-corrected chi connectivity index (χ0v) is 10.6. The Labute approximate surface area is 110 Å². The van der Waals surface area contributed by atoms with E-state index in [2.05, 4.69) is 0 Å².